The first-order valence-corrected chi connectivity index (χ1v) is 8.15. The molecule has 0 aliphatic heterocycles. The fraction of sp³-hybridized carbons (Fsp3) is 0.625. The molecule has 100 valence electrons. The Morgan fingerprint density at radius 3 is 2.72 bits per heavy atom. The minimum atomic E-state index is 0.777. The van der Waals surface area contributed by atoms with Gasteiger partial charge in [0, 0.05) is 23.2 Å². The lowest BCUT2D eigenvalue weighted by atomic mass is 9.87. The predicted octanol–water partition coefficient (Wildman–Crippen LogP) is 4.26. The van der Waals surface area contributed by atoms with Crippen LogP contribution in [-0.2, 0) is 0 Å². The van der Waals surface area contributed by atoms with Crippen molar-refractivity contribution in [2.24, 2.45) is 5.92 Å². The summed E-state index contributed by atoms with van der Waals surface area (Å²) in [6.07, 6.45) is 5.55. The summed E-state index contributed by atoms with van der Waals surface area (Å²) in [4.78, 5) is 1.40. The van der Waals surface area contributed by atoms with Crippen LogP contribution >= 0.6 is 11.8 Å². The van der Waals surface area contributed by atoms with Gasteiger partial charge >= 0.3 is 0 Å². The molecule has 1 N–H and O–H groups in total. The molecule has 1 aliphatic carbocycles. The van der Waals surface area contributed by atoms with Crippen LogP contribution in [0, 0.1) is 12.8 Å². The Labute approximate surface area is 116 Å². The van der Waals surface area contributed by atoms with Crippen molar-refractivity contribution in [2.75, 3.05) is 12.3 Å². The van der Waals surface area contributed by atoms with Crippen molar-refractivity contribution in [3.05, 3.63) is 29.8 Å². The first kappa shape index (κ1) is 14.0. The molecule has 0 spiro atoms. The van der Waals surface area contributed by atoms with E-state index in [1.165, 1.54) is 41.9 Å². The van der Waals surface area contributed by atoms with Crippen LogP contribution in [-0.4, -0.2) is 18.3 Å². The van der Waals surface area contributed by atoms with E-state index >= 15 is 0 Å². The lowest BCUT2D eigenvalue weighted by molar-refractivity contribution is 0.312. The maximum absolute atomic E-state index is 3.71. The average Bonchev–Trinajstić information content (AvgIpc) is 2.37. The van der Waals surface area contributed by atoms with E-state index < -0.39 is 0 Å². The molecule has 0 amide bonds. The third kappa shape index (κ3) is 4.66. The standard InChI is InChI=1S/C16H25NS/c1-13-6-8-15(9-7-13)17-10-11-18-16-5-3-4-14(2)12-16/h3-5,12-13,15,17H,6-11H2,1-2H3. The summed E-state index contributed by atoms with van der Waals surface area (Å²) in [5.41, 5.74) is 1.36. The molecule has 1 saturated carbocycles. The van der Waals surface area contributed by atoms with Gasteiger partial charge in [0.25, 0.3) is 0 Å². The maximum Gasteiger partial charge on any atom is 0.0106 e. The third-order valence-electron chi connectivity index (χ3n) is 3.81. The van der Waals surface area contributed by atoms with Crippen molar-refractivity contribution in [1.29, 1.82) is 0 Å². The molecule has 0 radical (unpaired) electrons. The summed E-state index contributed by atoms with van der Waals surface area (Å²) in [5, 5.41) is 3.71. The quantitative estimate of drug-likeness (QED) is 0.629. The average molecular weight is 263 g/mol. The summed E-state index contributed by atoms with van der Waals surface area (Å²) in [6.45, 7) is 5.67. The highest BCUT2D eigenvalue weighted by atomic mass is 32.2. The number of benzene rings is 1. The zero-order valence-electron chi connectivity index (χ0n) is 11.6. The molecule has 18 heavy (non-hydrogen) atoms. The first-order chi connectivity index (χ1) is 8.74. The van der Waals surface area contributed by atoms with Gasteiger partial charge in [-0.05, 0) is 50.7 Å². The normalized spacial score (nSPS) is 24.1. The van der Waals surface area contributed by atoms with E-state index in [4.69, 9.17) is 0 Å². The first-order valence-electron chi connectivity index (χ1n) is 7.17. The van der Waals surface area contributed by atoms with E-state index in [2.05, 4.69) is 43.4 Å². The largest absolute Gasteiger partial charge is 0.313 e. The molecule has 0 bridgehead atoms. The molecule has 0 heterocycles. The summed E-state index contributed by atoms with van der Waals surface area (Å²) in [5.74, 6) is 2.12. The van der Waals surface area contributed by atoms with E-state index in [0.717, 1.165) is 18.5 Å². The summed E-state index contributed by atoms with van der Waals surface area (Å²) >= 11 is 1.96. The second-order valence-electron chi connectivity index (χ2n) is 5.58. The second-order valence-corrected chi connectivity index (χ2v) is 6.74. The van der Waals surface area contributed by atoms with E-state index in [1.54, 1.807) is 0 Å². The minimum absolute atomic E-state index is 0.777. The number of thioether (sulfide) groups is 1. The van der Waals surface area contributed by atoms with Crippen LogP contribution in [0.5, 0.6) is 0 Å². The Morgan fingerprint density at radius 1 is 1.22 bits per heavy atom. The third-order valence-corrected chi connectivity index (χ3v) is 4.80. The monoisotopic (exact) mass is 263 g/mol. The highest BCUT2D eigenvalue weighted by Gasteiger charge is 2.16. The van der Waals surface area contributed by atoms with Crippen LogP contribution in [0.25, 0.3) is 0 Å². The fourth-order valence-corrected chi connectivity index (χ4v) is 3.50. The van der Waals surface area contributed by atoms with Crippen LogP contribution in [0.1, 0.15) is 38.2 Å². The van der Waals surface area contributed by atoms with Gasteiger partial charge in [-0.25, -0.2) is 0 Å². The topological polar surface area (TPSA) is 12.0 Å². The van der Waals surface area contributed by atoms with Gasteiger partial charge in [-0.2, -0.15) is 0 Å². The fourth-order valence-electron chi connectivity index (χ4n) is 2.60. The van der Waals surface area contributed by atoms with Crippen LogP contribution in [0.15, 0.2) is 29.2 Å². The summed E-state index contributed by atoms with van der Waals surface area (Å²) < 4.78 is 0. The number of nitrogens with one attached hydrogen (secondary N) is 1. The van der Waals surface area contributed by atoms with Crippen LogP contribution in [0.4, 0.5) is 0 Å². The van der Waals surface area contributed by atoms with E-state index in [1.807, 2.05) is 11.8 Å². The van der Waals surface area contributed by atoms with Gasteiger partial charge in [0.1, 0.15) is 0 Å². The van der Waals surface area contributed by atoms with Crippen molar-refractivity contribution >= 4 is 11.8 Å². The molecule has 1 nitrogen and oxygen atoms in total. The smallest absolute Gasteiger partial charge is 0.0106 e. The van der Waals surface area contributed by atoms with Crippen molar-refractivity contribution < 1.29 is 0 Å². The Balaban J connectivity index is 1.61. The van der Waals surface area contributed by atoms with Gasteiger partial charge in [0.15, 0.2) is 0 Å². The highest BCUT2D eigenvalue weighted by Crippen LogP contribution is 2.23. The summed E-state index contributed by atoms with van der Waals surface area (Å²) in [6, 6.07) is 9.56. The van der Waals surface area contributed by atoms with E-state index in [9.17, 15) is 0 Å². The zero-order chi connectivity index (χ0) is 12.8. The van der Waals surface area contributed by atoms with Crippen LogP contribution in [0.3, 0.4) is 0 Å². The predicted molar refractivity (Wildman–Crippen MR) is 81.3 cm³/mol. The van der Waals surface area contributed by atoms with Crippen LogP contribution < -0.4 is 5.32 Å². The Bertz CT molecular complexity index is 356. The number of aryl methyl sites for hydroxylation is 1. The Kier molecular flexibility index (Phi) is 5.58. The molecule has 2 rings (SSSR count). The lowest BCUT2D eigenvalue weighted by Gasteiger charge is -2.26. The van der Waals surface area contributed by atoms with Crippen LogP contribution in [0.2, 0.25) is 0 Å². The molecule has 1 fully saturated rings. The number of hydrogen-bond acceptors (Lipinski definition) is 2. The minimum Gasteiger partial charge on any atom is -0.313 e. The molecule has 2 heteroatoms. The molecule has 0 atom stereocenters. The zero-order valence-corrected chi connectivity index (χ0v) is 12.4. The molecule has 1 aromatic rings. The molecule has 1 aromatic carbocycles. The van der Waals surface area contributed by atoms with Crippen molar-refractivity contribution in [2.45, 2.75) is 50.5 Å². The van der Waals surface area contributed by atoms with Crippen molar-refractivity contribution in [3.8, 4) is 0 Å². The summed E-state index contributed by atoms with van der Waals surface area (Å²) in [7, 11) is 0. The maximum atomic E-state index is 3.71. The van der Waals surface area contributed by atoms with Gasteiger partial charge in [-0.15, -0.1) is 11.8 Å². The highest BCUT2D eigenvalue weighted by molar-refractivity contribution is 7.99. The lowest BCUT2D eigenvalue weighted by Crippen LogP contribution is -2.34. The van der Waals surface area contributed by atoms with Gasteiger partial charge in [0.05, 0.1) is 0 Å². The van der Waals surface area contributed by atoms with Crippen molar-refractivity contribution in [3.63, 3.8) is 0 Å². The number of rotatable bonds is 5. The molecule has 1 aliphatic rings. The van der Waals surface area contributed by atoms with Crippen molar-refractivity contribution in [1.82, 2.24) is 5.32 Å². The number of hydrogen-bond donors (Lipinski definition) is 1. The van der Waals surface area contributed by atoms with Gasteiger partial charge in [0.2, 0.25) is 0 Å². The van der Waals surface area contributed by atoms with E-state index in [0.29, 0.717) is 0 Å². The molecule has 0 aromatic heterocycles. The molecule has 0 unspecified atom stereocenters. The van der Waals surface area contributed by atoms with Gasteiger partial charge in [-0.3, -0.25) is 0 Å². The van der Waals surface area contributed by atoms with Gasteiger partial charge in [-0.1, -0.05) is 24.6 Å². The Morgan fingerprint density at radius 2 is 2.00 bits per heavy atom. The SMILES string of the molecule is Cc1cccc(SCCNC2CCC(C)CC2)c1. The molecule has 0 saturated heterocycles. The molecular weight excluding hydrogens is 238 g/mol. The Hall–Kier alpha value is -0.470. The second kappa shape index (κ2) is 7.20. The molecular formula is C16H25NS. The van der Waals surface area contributed by atoms with E-state index in [-0.39, 0.29) is 0 Å². The van der Waals surface area contributed by atoms with Gasteiger partial charge < -0.3 is 5.32 Å².